The molecule has 0 bridgehead atoms. The second-order valence-electron chi connectivity index (χ2n) is 5.14. The van der Waals surface area contributed by atoms with E-state index in [0.29, 0.717) is 0 Å². The Labute approximate surface area is 128 Å². The molecule has 3 rings (SSSR count). The Hall–Kier alpha value is -1.52. The van der Waals surface area contributed by atoms with Crippen molar-refractivity contribution in [3.63, 3.8) is 0 Å². The van der Waals surface area contributed by atoms with Crippen molar-refractivity contribution in [1.29, 1.82) is 0 Å². The summed E-state index contributed by atoms with van der Waals surface area (Å²) >= 11 is 1.82. The average molecular weight is 303 g/mol. The molecule has 4 heteroatoms. The second kappa shape index (κ2) is 6.50. The molecule has 0 amide bonds. The van der Waals surface area contributed by atoms with Gasteiger partial charge in [-0.2, -0.15) is 0 Å². The maximum Gasteiger partial charge on any atom is 0.133 e. The molecule has 2 unspecified atom stereocenters. The normalized spacial score (nSPS) is 18.7. The van der Waals surface area contributed by atoms with Gasteiger partial charge in [0.1, 0.15) is 17.7 Å². The molecule has 2 aromatic rings. The maximum absolute atomic E-state index is 13.3. The summed E-state index contributed by atoms with van der Waals surface area (Å²) in [6.07, 6.45) is 0.833. The minimum atomic E-state index is -0.188. The van der Waals surface area contributed by atoms with Crippen molar-refractivity contribution in [2.75, 3.05) is 12.8 Å². The van der Waals surface area contributed by atoms with E-state index in [1.54, 1.807) is 12.1 Å². The van der Waals surface area contributed by atoms with E-state index in [0.717, 1.165) is 23.5 Å². The number of thioether (sulfide) groups is 1. The van der Waals surface area contributed by atoms with Crippen molar-refractivity contribution in [1.82, 2.24) is 5.32 Å². The topological polar surface area (TPSA) is 21.3 Å². The van der Waals surface area contributed by atoms with Crippen molar-refractivity contribution < 1.29 is 9.13 Å². The molecule has 2 aromatic carbocycles. The van der Waals surface area contributed by atoms with Gasteiger partial charge < -0.3 is 10.1 Å². The van der Waals surface area contributed by atoms with E-state index in [1.165, 1.54) is 11.0 Å². The summed E-state index contributed by atoms with van der Waals surface area (Å²) in [5.74, 6) is 1.66. The average Bonchev–Trinajstić information content (AvgIpc) is 2.52. The van der Waals surface area contributed by atoms with Crippen LogP contribution in [0, 0.1) is 5.82 Å². The molecule has 1 N–H and O–H groups in total. The highest BCUT2D eigenvalue weighted by atomic mass is 32.2. The van der Waals surface area contributed by atoms with E-state index in [1.807, 2.05) is 43.1 Å². The second-order valence-corrected chi connectivity index (χ2v) is 6.21. The van der Waals surface area contributed by atoms with Gasteiger partial charge in [-0.1, -0.05) is 24.3 Å². The van der Waals surface area contributed by atoms with Gasteiger partial charge in [-0.3, -0.25) is 0 Å². The van der Waals surface area contributed by atoms with Gasteiger partial charge in [-0.25, -0.2) is 4.39 Å². The lowest BCUT2D eigenvalue weighted by atomic mass is 10.0. The molecule has 110 valence electrons. The first kappa shape index (κ1) is 14.4. The van der Waals surface area contributed by atoms with Gasteiger partial charge in [0.15, 0.2) is 0 Å². The van der Waals surface area contributed by atoms with Crippen LogP contribution in [0.1, 0.15) is 5.56 Å². The number of halogens is 1. The summed E-state index contributed by atoms with van der Waals surface area (Å²) in [7, 11) is 1.93. The molecule has 2 nitrogen and oxygen atoms in total. The SMILES string of the molecule is CNC(Cc1cccc(F)c1)C1CSc2ccccc2O1. The van der Waals surface area contributed by atoms with Gasteiger partial charge >= 0.3 is 0 Å². The highest BCUT2D eigenvalue weighted by Gasteiger charge is 2.27. The molecule has 0 fully saturated rings. The van der Waals surface area contributed by atoms with Crippen LogP contribution in [0.4, 0.5) is 4.39 Å². The van der Waals surface area contributed by atoms with Crippen LogP contribution in [0.3, 0.4) is 0 Å². The van der Waals surface area contributed by atoms with Crippen LogP contribution in [0.2, 0.25) is 0 Å². The zero-order valence-electron chi connectivity index (χ0n) is 11.9. The Morgan fingerprint density at radius 1 is 1.29 bits per heavy atom. The van der Waals surface area contributed by atoms with Gasteiger partial charge in [-0.15, -0.1) is 11.8 Å². The Morgan fingerprint density at radius 3 is 2.95 bits per heavy atom. The molecule has 0 radical (unpaired) electrons. The summed E-state index contributed by atoms with van der Waals surface area (Å²) in [5, 5.41) is 3.31. The summed E-state index contributed by atoms with van der Waals surface area (Å²) in [6.45, 7) is 0. The van der Waals surface area contributed by atoms with Crippen molar-refractivity contribution >= 4 is 11.8 Å². The zero-order valence-corrected chi connectivity index (χ0v) is 12.7. The standard InChI is InChI=1S/C17H18FNOS/c1-19-14(10-12-5-4-6-13(18)9-12)16-11-21-17-8-3-2-7-15(17)20-16/h2-9,14,16,19H,10-11H2,1H3. The van der Waals surface area contributed by atoms with E-state index in [4.69, 9.17) is 4.74 Å². The van der Waals surface area contributed by atoms with E-state index < -0.39 is 0 Å². The molecule has 1 aliphatic heterocycles. The predicted molar refractivity (Wildman–Crippen MR) is 84.5 cm³/mol. The quantitative estimate of drug-likeness (QED) is 0.934. The first-order chi connectivity index (χ1) is 10.3. The van der Waals surface area contributed by atoms with Gasteiger partial charge in [0.05, 0.1) is 0 Å². The number of likely N-dealkylation sites (N-methyl/N-ethyl adjacent to an activating group) is 1. The van der Waals surface area contributed by atoms with Crippen molar-refractivity contribution in [2.24, 2.45) is 0 Å². The largest absolute Gasteiger partial charge is 0.487 e. The van der Waals surface area contributed by atoms with Crippen molar-refractivity contribution in [3.05, 3.63) is 59.9 Å². The highest BCUT2D eigenvalue weighted by molar-refractivity contribution is 7.99. The van der Waals surface area contributed by atoms with E-state index in [2.05, 4.69) is 11.4 Å². The molecule has 1 heterocycles. The molecular formula is C17H18FNOS. The van der Waals surface area contributed by atoms with Crippen LogP contribution in [0.5, 0.6) is 5.75 Å². The number of benzene rings is 2. The van der Waals surface area contributed by atoms with Gasteiger partial charge in [0.2, 0.25) is 0 Å². The number of hydrogen-bond donors (Lipinski definition) is 1. The zero-order chi connectivity index (χ0) is 14.7. The summed E-state index contributed by atoms with van der Waals surface area (Å²) in [4.78, 5) is 1.19. The number of nitrogens with one attached hydrogen (secondary N) is 1. The molecule has 21 heavy (non-hydrogen) atoms. The first-order valence-corrected chi connectivity index (χ1v) is 8.05. The van der Waals surface area contributed by atoms with Crippen LogP contribution in [0.25, 0.3) is 0 Å². The van der Waals surface area contributed by atoms with Crippen LogP contribution in [0.15, 0.2) is 53.4 Å². The van der Waals surface area contributed by atoms with E-state index in [9.17, 15) is 4.39 Å². The summed E-state index contributed by atoms with van der Waals surface area (Å²) in [6, 6.07) is 15.0. The third-order valence-electron chi connectivity index (χ3n) is 3.69. The minimum Gasteiger partial charge on any atom is -0.487 e. The first-order valence-electron chi connectivity index (χ1n) is 7.06. The third kappa shape index (κ3) is 3.39. The monoisotopic (exact) mass is 303 g/mol. The molecule has 0 aromatic heterocycles. The maximum atomic E-state index is 13.3. The minimum absolute atomic E-state index is 0.0816. The van der Waals surface area contributed by atoms with Crippen LogP contribution in [-0.4, -0.2) is 24.9 Å². The van der Waals surface area contributed by atoms with Crippen LogP contribution < -0.4 is 10.1 Å². The Bertz CT molecular complexity index is 619. The predicted octanol–water partition coefficient (Wildman–Crippen LogP) is 3.51. The number of hydrogen-bond acceptors (Lipinski definition) is 3. The number of ether oxygens (including phenoxy) is 1. The van der Waals surface area contributed by atoms with E-state index in [-0.39, 0.29) is 18.0 Å². The van der Waals surface area contributed by atoms with Crippen molar-refractivity contribution in [3.8, 4) is 5.75 Å². The fourth-order valence-electron chi connectivity index (χ4n) is 2.57. The molecule has 0 aliphatic carbocycles. The third-order valence-corrected chi connectivity index (χ3v) is 4.84. The van der Waals surface area contributed by atoms with Gasteiger partial charge in [0.25, 0.3) is 0 Å². The lowest BCUT2D eigenvalue weighted by molar-refractivity contribution is 0.169. The molecule has 0 spiro atoms. The smallest absolute Gasteiger partial charge is 0.133 e. The lowest BCUT2D eigenvalue weighted by Gasteiger charge is -2.31. The molecule has 2 atom stereocenters. The highest BCUT2D eigenvalue weighted by Crippen LogP contribution is 2.36. The molecule has 0 saturated carbocycles. The number of rotatable bonds is 4. The number of para-hydroxylation sites is 1. The molecule has 0 saturated heterocycles. The van der Waals surface area contributed by atoms with Crippen molar-refractivity contribution in [2.45, 2.75) is 23.5 Å². The molecule has 1 aliphatic rings. The van der Waals surface area contributed by atoms with Crippen LogP contribution >= 0.6 is 11.8 Å². The van der Waals surface area contributed by atoms with Gasteiger partial charge in [-0.05, 0) is 43.3 Å². The molecular weight excluding hydrogens is 285 g/mol. The van der Waals surface area contributed by atoms with E-state index >= 15 is 0 Å². The Balaban J connectivity index is 1.73. The fourth-order valence-corrected chi connectivity index (χ4v) is 3.65. The summed E-state index contributed by atoms with van der Waals surface area (Å²) in [5.41, 5.74) is 0.988. The Morgan fingerprint density at radius 2 is 2.14 bits per heavy atom. The fraction of sp³-hybridized carbons (Fsp3) is 0.294. The van der Waals surface area contributed by atoms with Gasteiger partial charge in [0, 0.05) is 16.7 Å². The summed E-state index contributed by atoms with van der Waals surface area (Å²) < 4.78 is 19.4. The van der Waals surface area contributed by atoms with Crippen LogP contribution in [-0.2, 0) is 6.42 Å². The number of fused-ring (bicyclic) bond motifs is 1. The lowest BCUT2D eigenvalue weighted by Crippen LogP contribution is -2.45. The Kier molecular flexibility index (Phi) is 4.46.